The maximum absolute atomic E-state index is 11.5. The van der Waals surface area contributed by atoms with Crippen molar-refractivity contribution in [2.45, 2.75) is 32.7 Å². The fraction of sp³-hybridized carbons (Fsp3) is 0.227. The molecule has 0 bridgehead atoms. The van der Waals surface area contributed by atoms with E-state index in [2.05, 4.69) is 18.0 Å². The molecule has 0 amide bonds. The molecule has 0 unspecified atom stereocenters. The number of hydrogen-bond donors (Lipinski definition) is 0. The number of halogens is 2. The molecule has 0 aliphatic carbocycles. The molecule has 0 aliphatic rings. The van der Waals surface area contributed by atoms with Crippen LogP contribution in [0.2, 0.25) is 10.2 Å². The van der Waals surface area contributed by atoms with Gasteiger partial charge in [-0.25, -0.2) is 4.98 Å². The number of benzene rings is 2. The summed E-state index contributed by atoms with van der Waals surface area (Å²) in [5.41, 5.74) is 3.69. The van der Waals surface area contributed by atoms with Crippen molar-refractivity contribution in [2.75, 3.05) is 0 Å². The highest BCUT2D eigenvalue weighted by molar-refractivity contribution is 6.31. The molecule has 0 saturated carbocycles. The molecule has 0 radical (unpaired) electrons. The van der Waals surface area contributed by atoms with Crippen LogP contribution in [0.15, 0.2) is 42.5 Å². The average Bonchev–Trinajstić information content (AvgIpc) is 3.01. The summed E-state index contributed by atoms with van der Waals surface area (Å²) in [6, 6.07) is 15.3. The zero-order valence-corrected chi connectivity index (χ0v) is 17.0. The highest BCUT2D eigenvalue weighted by Gasteiger charge is 2.15. The van der Waals surface area contributed by atoms with E-state index in [1.54, 1.807) is 18.2 Å². The van der Waals surface area contributed by atoms with Gasteiger partial charge in [0.05, 0.1) is 11.6 Å². The third-order valence-corrected chi connectivity index (χ3v) is 5.13. The summed E-state index contributed by atoms with van der Waals surface area (Å²) in [5, 5.41) is 10.2. The standard InChI is InChI=1S/C22H19Cl2N3O/c1-2-3-4-21-26-22(24)20(14-28)27(21)13-15-5-7-16(8-6-15)19-11-18(23)10-9-17(19)12-25/h5-11,14H,2-4,13H2,1H3. The number of rotatable bonds is 7. The van der Waals surface area contributed by atoms with E-state index in [4.69, 9.17) is 23.2 Å². The number of aromatic nitrogens is 2. The molecular weight excluding hydrogens is 393 g/mol. The molecule has 0 saturated heterocycles. The second-order valence-electron chi connectivity index (χ2n) is 6.51. The third kappa shape index (κ3) is 4.27. The molecule has 0 fully saturated rings. The molecule has 1 heterocycles. The van der Waals surface area contributed by atoms with E-state index in [1.807, 2.05) is 28.8 Å². The van der Waals surface area contributed by atoms with Gasteiger partial charge in [-0.2, -0.15) is 5.26 Å². The number of aldehydes is 1. The molecule has 142 valence electrons. The summed E-state index contributed by atoms with van der Waals surface area (Å²) in [7, 11) is 0. The van der Waals surface area contributed by atoms with Gasteiger partial charge in [0.15, 0.2) is 11.4 Å². The average molecular weight is 412 g/mol. The Morgan fingerprint density at radius 1 is 1.18 bits per heavy atom. The van der Waals surface area contributed by atoms with Gasteiger partial charge in [-0.05, 0) is 35.7 Å². The number of unbranched alkanes of at least 4 members (excludes halogenated alkanes) is 1. The van der Waals surface area contributed by atoms with Crippen LogP contribution in [0.4, 0.5) is 0 Å². The van der Waals surface area contributed by atoms with E-state index in [9.17, 15) is 10.1 Å². The highest BCUT2D eigenvalue weighted by atomic mass is 35.5. The van der Waals surface area contributed by atoms with Crippen LogP contribution in [-0.2, 0) is 13.0 Å². The molecule has 0 aliphatic heterocycles. The molecule has 3 aromatic rings. The molecular formula is C22H19Cl2N3O. The molecule has 28 heavy (non-hydrogen) atoms. The lowest BCUT2D eigenvalue weighted by atomic mass is 9.99. The predicted octanol–water partition coefficient (Wildman–Crippen LogP) is 5.93. The summed E-state index contributed by atoms with van der Waals surface area (Å²) in [5.74, 6) is 0.819. The van der Waals surface area contributed by atoms with Crippen molar-refractivity contribution in [2.24, 2.45) is 0 Å². The largest absolute Gasteiger partial charge is 0.320 e. The normalized spacial score (nSPS) is 10.6. The van der Waals surface area contributed by atoms with Gasteiger partial charge in [-0.15, -0.1) is 0 Å². The maximum Gasteiger partial charge on any atom is 0.169 e. The van der Waals surface area contributed by atoms with Gasteiger partial charge in [0.2, 0.25) is 0 Å². The SMILES string of the molecule is CCCCc1nc(Cl)c(C=O)n1Cc1ccc(-c2cc(Cl)ccc2C#N)cc1. The summed E-state index contributed by atoms with van der Waals surface area (Å²) in [6.07, 6.45) is 3.55. The smallest absolute Gasteiger partial charge is 0.169 e. The lowest BCUT2D eigenvalue weighted by molar-refractivity contribution is 0.111. The zero-order valence-electron chi connectivity index (χ0n) is 15.5. The zero-order chi connectivity index (χ0) is 20.1. The van der Waals surface area contributed by atoms with Crippen molar-refractivity contribution in [3.63, 3.8) is 0 Å². The monoisotopic (exact) mass is 411 g/mol. The molecule has 4 nitrogen and oxygen atoms in total. The first kappa shape index (κ1) is 20.1. The topological polar surface area (TPSA) is 58.7 Å². The Kier molecular flexibility index (Phi) is 6.51. The fourth-order valence-electron chi connectivity index (χ4n) is 3.12. The minimum absolute atomic E-state index is 0.246. The first-order valence-corrected chi connectivity index (χ1v) is 9.82. The number of carbonyl (C=O) groups is 1. The minimum atomic E-state index is 0.246. The van der Waals surface area contributed by atoms with Gasteiger partial charge in [0, 0.05) is 23.6 Å². The molecule has 0 spiro atoms. The quantitative estimate of drug-likeness (QED) is 0.452. The van der Waals surface area contributed by atoms with Crippen molar-refractivity contribution >= 4 is 29.5 Å². The summed E-state index contributed by atoms with van der Waals surface area (Å²) < 4.78 is 1.88. The summed E-state index contributed by atoms with van der Waals surface area (Å²) >= 11 is 12.2. The second-order valence-corrected chi connectivity index (χ2v) is 7.30. The van der Waals surface area contributed by atoms with Crippen LogP contribution in [0.3, 0.4) is 0 Å². The lowest BCUT2D eigenvalue weighted by Gasteiger charge is -2.11. The van der Waals surface area contributed by atoms with Crippen LogP contribution in [0.1, 0.15) is 47.2 Å². The summed E-state index contributed by atoms with van der Waals surface area (Å²) in [4.78, 5) is 15.8. The molecule has 6 heteroatoms. The summed E-state index contributed by atoms with van der Waals surface area (Å²) in [6.45, 7) is 2.62. The number of imidazole rings is 1. The van der Waals surface area contributed by atoms with Crippen molar-refractivity contribution < 1.29 is 4.79 Å². The van der Waals surface area contributed by atoms with Crippen molar-refractivity contribution in [3.8, 4) is 17.2 Å². The van der Waals surface area contributed by atoms with Crippen LogP contribution >= 0.6 is 23.2 Å². The van der Waals surface area contributed by atoms with Crippen molar-refractivity contribution in [3.05, 3.63) is 75.3 Å². The maximum atomic E-state index is 11.5. The Bertz CT molecular complexity index is 1030. The van der Waals surface area contributed by atoms with Gasteiger partial charge < -0.3 is 4.57 Å². The van der Waals surface area contributed by atoms with Gasteiger partial charge in [-0.3, -0.25) is 4.79 Å². The molecule has 3 rings (SSSR count). The van der Waals surface area contributed by atoms with E-state index >= 15 is 0 Å². The van der Waals surface area contributed by atoms with Gasteiger partial charge >= 0.3 is 0 Å². The number of hydrogen-bond acceptors (Lipinski definition) is 3. The Hall–Kier alpha value is -2.61. The second kappa shape index (κ2) is 9.05. The van der Waals surface area contributed by atoms with E-state index in [-0.39, 0.29) is 5.15 Å². The molecule has 0 atom stereocenters. The lowest BCUT2D eigenvalue weighted by Crippen LogP contribution is -2.08. The first-order valence-electron chi connectivity index (χ1n) is 9.06. The first-order chi connectivity index (χ1) is 13.6. The van der Waals surface area contributed by atoms with Crippen LogP contribution in [0.5, 0.6) is 0 Å². The molecule has 0 N–H and O–H groups in total. The third-order valence-electron chi connectivity index (χ3n) is 4.61. The van der Waals surface area contributed by atoms with Gasteiger partial charge in [0.1, 0.15) is 11.5 Å². The Labute approximate surface area is 174 Å². The van der Waals surface area contributed by atoms with E-state index in [0.29, 0.717) is 22.8 Å². The number of aryl methyl sites for hydroxylation is 1. The number of nitrogens with zero attached hydrogens (tertiary/aromatic N) is 3. The van der Waals surface area contributed by atoms with Crippen LogP contribution < -0.4 is 0 Å². The Morgan fingerprint density at radius 2 is 1.93 bits per heavy atom. The number of carbonyl (C=O) groups excluding carboxylic acids is 1. The van der Waals surface area contributed by atoms with Crippen LogP contribution in [0, 0.1) is 11.3 Å². The fourth-order valence-corrected chi connectivity index (χ4v) is 3.54. The van der Waals surface area contributed by atoms with Crippen LogP contribution in [0.25, 0.3) is 11.1 Å². The van der Waals surface area contributed by atoms with Gasteiger partial charge in [0.25, 0.3) is 0 Å². The highest BCUT2D eigenvalue weighted by Crippen LogP contribution is 2.27. The molecule has 2 aromatic carbocycles. The van der Waals surface area contributed by atoms with E-state index in [1.165, 1.54) is 0 Å². The molecule has 1 aromatic heterocycles. The Balaban J connectivity index is 1.91. The van der Waals surface area contributed by atoms with E-state index < -0.39 is 0 Å². The van der Waals surface area contributed by atoms with Gasteiger partial charge in [-0.1, -0.05) is 60.8 Å². The van der Waals surface area contributed by atoms with Crippen molar-refractivity contribution in [1.82, 2.24) is 9.55 Å². The minimum Gasteiger partial charge on any atom is -0.320 e. The van der Waals surface area contributed by atoms with Crippen molar-refractivity contribution in [1.29, 1.82) is 5.26 Å². The predicted molar refractivity (Wildman–Crippen MR) is 112 cm³/mol. The van der Waals surface area contributed by atoms with Crippen LogP contribution in [-0.4, -0.2) is 15.8 Å². The Morgan fingerprint density at radius 3 is 2.57 bits per heavy atom. The number of nitriles is 1. The van der Waals surface area contributed by atoms with E-state index in [0.717, 1.165) is 48.1 Å².